The van der Waals surface area contributed by atoms with Crippen molar-refractivity contribution < 1.29 is 27.9 Å². The van der Waals surface area contributed by atoms with Gasteiger partial charge < -0.3 is 10.4 Å². The Balaban J connectivity index is 0.000000224. The molecule has 0 aromatic carbocycles. The molecule has 2 rings (SSSR count). The van der Waals surface area contributed by atoms with E-state index < -0.39 is 12.1 Å². The molecular formula is C12H18F3NO3. The Bertz CT molecular complexity index is 324. The van der Waals surface area contributed by atoms with Gasteiger partial charge in [0, 0.05) is 12.8 Å². The summed E-state index contributed by atoms with van der Waals surface area (Å²) in [5.41, 5.74) is 0.555. The Hall–Kier alpha value is -1.11. The van der Waals surface area contributed by atoms with Gasteiger partial charge in [0.05, 0.1) is 0 Å². The molecule has 110 valence electrons. The lowest BCUT2D eigenvalue weighted by Gasteiger charge is -2.40. The molecule has 2 fully saturated rings. The zero-order valence-corrected chi connectivity index (χ0v) is 10.6. The normalized spacial score (nSPS) is 22.6. The first-order chi connectivity index (χ1) is 8.75. The summed E-state index contributed by atoms with van der Waals surface area (Å²) in [5.74, 6) is -2.27. The summed E-state index contributed by atoms with van der Waals surface area (Å²) in [4.78, 5) is 20.0. The van der Waals surface area contributed by atoms with E-state index in [0.717, 1.165) is 38.8 Å². The molecule has 2 N–H and O–H groups in total. The van der Waals surface area contributed by atoms with Gasteiger partial charge in [0.15, 0.2) is 0 Å². The van der Waals surface area contributed by atoms with Gasteiger partial charge in [-0.05, 0) is 44.2 Å². The molecule has 7 heteroatoms. The van der Waals surface area contributed by atoms with Crippen molar-refractivity contribution in [3.63, 3.8) is 0 Å². The van der Waals surface area contributed by atoms with Crippen molar-refractivity contribution in [3.05, 3.63) is 0 Å². The minimum atomic E-state index is -5.08. The van der Waals surface area contributed by atoms with Gasteiger partial charge in [-0.25, -0.2) is 4.79 Å². The minimum absolute atomic E-state index is 0.485. The number of aliphatic carboxylic acids is 1. The van der Waals surface area contributed by atoms with E-state index in [2.05, 4.69) is 5.32 Å². The Morgan fingerprint density at radius 3 is 1.89 bits per heavy atom. The lowest BCUT2D eigenvalue weighted by Crippen LogP contribution is -2.39. The molecule has 19 heavy (non-hydrogen) atoms. The van der Waals surface area contributed by atoms with E-state index in [9.17, 15) is 18.0 Å². The second-order valence-corrected chi connectivity index (χ2v) is 5.09. The summed E-state index contributed by atoms with van der Waals surface area (Å²) >= 11 is 0. The fourth-order valence-corrected chi connectivity index (χ4v) is 2.52. The molecule has 1 aliphatic carbocycles. The van der Waals surface area contributed by atoms with E-state index in [4.69, 9.17) is 9.90 Å². The van der Waals surface area contributed by atoms with Crippen LogP contribution in [0.1, 0.15) is 38.5 Å². The van der Waals surface area contributed by atoms with Crippen molar-refractivity contribution >= 4 is 11.8 Å². The maximum Gasteiger partial charge on any atom is 0.490 e. The van der Waals surface area contributed by atoms with Gasteiger partial charge in [-0.15, -0.1) is 0 Å². The van der Waals surface area contributed by atoms with Gasteiger partial charge >= 0.3 is 12.1 Å². The van der Waals surface area contributed by atoms with E-state index in [0.29, 0.717) is 11.2 Å². The zero-order chi connectivity index (χ0) is 14.5. The van der Waals surface area contributed by atoms with Crippen molar-refractivity contribution in [2.75, 3.05) is 13.1 Å². The number of carboxylic acids is 1. The van der Waals surface area contributed by atoms with Gasteiger partial charge in [0.25, 0.3) is 0 Å². The quantitative estimate of drug-likeness (QED) is 0.714. The Labute approximate surface area is 109 Å². The van der Waals surface area contributed by atoms with Crippen LogP contribution in [0, 0.1) is 5.41 Å². The molecule has 0 aromatic rings. The second-order valence-electron chi connectivity index (χ2n) is 5.09. The van der Waals surface area contributed by atoms with Crippen LogP contribution in [-0.2, 0) is 9.59 Å². The number of piperidine rings is 1. The lowest BCUT2D eigenvalue weighted by molar-refractivity contribution is -0.192. The number of ketones is 1. The molecule has 4 nitrogen and oxygen atoms in total. The largest absolute Gasteiger partial charge is 0.490 e. The molecule has 0 atom stereocenters. The van der Waals surface area contributed by atoms with Crippen molar-refractivity contribution in [2.45, 2.75) is 44.7 Å². The first-order valence-electron chi connectivity index (χ1n) is 6.28. The third-order valence-corrected chi connectivity index (χ3v) is 3.78. The molecule has 1 aliphatic heterocycles. The van der Waals surface area contributed by atoms with Crippen LogP contribution in [0.2, 0.25) is 0 Å². The molecule has 2 aliphatic rings. The monoisotopic (exact) mass is 281 g/mol. The highest BCUT2D eigenvalue weighted by Gasteiger charge is 2.38. The average molecular weight is 281 g/mol. The fraction of sp³-hybridized carbons (Fsp3) is 0.833. The number of rotatable bonds is 0. The Kier molecular flexibility index (Phi) is 5.34. The number of halogens is 3. The highest BCUT2D eigenvalue weighted by molar-refractivity contribution is 5.79. The lowest BCUT2D eigenvalue weighted by atomic mass is 9.68. The second kappa shape index (κ2) is 6.36. The van der Waals surface area contributed by atoms with Gasteiger partial charge in [0.2, 0.25) is 0 Å². The molecule has 1 saturated carbocycles. The van der Waals surface area contributed by atoms with E-state index in [1.54, 1.807) is 0 Å². The molecule has 0 amide bonds. The SMILES string of the molecule is O=C(O)C(F)(F)F.O=C1CCC2(CCNCC2)CC1. The molecule has 1 spiro atoms. The summed E-state index contributed by atoms with van der Waals surface area (Å²) in [6, 6.07) is 0. The van der Waals surface area contributed by atoms with Crippen molar-refractivity contribution in [1.29, 1.82) is 0 Å². The van der Waals surface area contributed by atoms with Crippen LogP contribution in [0.4, 0.5) is 13.2 Å². The molecule has 0 aromatic heterocycles. The van der Waals surface area contributed by atoms with Gasteiger partial charge in [-0.3, -0.25) is 4.79 Å². The average Bonchev–Trinajstić information content (AvgIpc) is 2.34. The van der Waals surface area contributed by atoms with Crippen LogP contribution in [-0.4, -0.2) is 36.1 Å². The van der Waals surface area contributed by atoms with Gasteiger partial charge in [-0.2, -0.15) is 13.2 Å². The third-order valence-electron chi connectivity index (χ3n) is 3.78. The Morgan fingerprint density at radius 1 is 1.11 bits per heavy atom. The van der Waals surface area contributed by atoms with Crippen LogP contribution >= 0.6 is 0 Å². The molecule has 1 heterocycles. The number of hydrogen-bond acceptors (Lipinski definition) is 3. The number of hydrogen-bond donors (Lipinski definition) is 2. The predicted octanol–water partition coefficient (Wildman–Crippen LogP) is 2.13. The van der Waals surface area contributed by atoms with Gasteiger partial charge in [0.1, 0.15) is 5.78 Å². The molecular weight excluding hydrogens is 263 g/mol. The third kappa shape index (κ3) is 5.18. The van der Waals surface area contributed by atoms with E-state index >= 15 is 0 Å². The molecule has 0 radical (unpaired) electrons. The fourth-order valence-electron chi connectivity index (χ4n) is 2.52. The topological polar surface area (TPSA) is 66.4 Å². The number of carbonyl (C=O) groups excluding carboxylic acids is 1. The summed E-state index contributed by atoms with van der Waals surface area (Å²) in [6.45, 7) is 2.32. The van der Waals surface area contributed by atoms with E-state index in [-0.39, 0.29) is 0 Å². The summed E-state index contributed by atoms with van der Waals surface area (Å²) in [6.07, 6.45) is 1.52. The van der Waals surface area contributed by atoms with Crippen LogP contribution < -0.4 is 5.32 Å². The van der Waals surface area contributed by atoms with Crippen LogP contribution in [0.25, 0.3) is 0 Å². The zero-order valence-electron chi connectivity index (χ0n) is 10.6. The smallest absolute Gasteiger partial charge is 0.475 e. The standard InChI is InChI=1S/C10H17NO.C2HF3O2/c12-9-1-3-10(4-2-9)5-7-11-8-6-10;3-2(4,5)1(6)7/h11H,1-8H2;(H,6,7). The minimum Gasteiger partial charge on any atom is -0.475 e. The summed E-state index contributed by atoms with van der Waals surface area (Å²) < 4.78 is 31.7. The predicted molar refractivity (Wildman–Crippen MR) is 61.7 cm³/mol. The highest BCUT2D eigenvalue weighted by atomic mass is 19.4. The van der Waals surface area contributed by atoms with Crippen LogP contribution in [0.15, 0.2) is 0 Å². The van der Waals surface area contributed by atoms with Crippen molar-refractivity contribution in [3.8, 4) is 0 Å². The molecule has 0 unspecified atom stereocenters. The number of Topliss-reactive ketones (excluding diaryl/α,β-unsaturated/α-hetero) is 1. The van der Waals surface area contributed by atoms with Crippen molar-refractivity contribution in [1.82, 2.24) is 5.32 Å². The Morgan fingerprint density at radius 2 is 1.53 bits per heavy atom. The number of carbonyl (C=O) groups is 2. The van der Waals surface area contributed by atoms with E-state index in [1.165, 1.54) is 12.8 Å². The highest BCUT2D eigenvalue weighted by Crippen LogP contribution is 2.41. The first kappa shape index (κ1) is 15.9. The van der Waals surface area contributed by atoms with Gasteiger partial charge in [-0.1, -0.05) is 0 Å². The number of nitrogens with one attached hydrogen (secondary N) is 1. The number of carboxylic acid groups (broad SMARTS) is 1. The maximum atomic E-state index is 11.1. The van der Waals surface area contributed by atoms with E-state index in [1.807, 2.05) is 0 Å². The molecule has 1 saturated heterocycles. The maximum absolute atomic E-state index is 11.1. The summed E-state index contributed by atoms with van der Waals surface area (Å²) in [5, 5.41) is 10.5. The van der Waals surface area contributed by atoms with Crippen molar-refractivity contribution in [2.24, 2.45) is 5.41 Å². The first-order valence-corrected chi connectivity index (χ1v) is 6.28. The summed E-state index contributed by atoms with van der Waals surface area (Å²) in [7, 11) is 0. The molecule has 0 bridgehead atoms. The van der Waals surface area contributed by atoms with Crippen LogP contribution in [0.5, 0.6) is 0 Å². The van der Waals surface area contributed by atoms with Crippen LogP contribution in [0.3, 0.4) is 0 Å². The number of alkyl halides is 3.